The molecule has 0 amide bonds. The maximum absolute atomic E-state index is 10.7. The Morgan fingerprint density at radius 3 is 1.37 bits per heavy atom. The van der Waals surface area contributed by atoms with Crippen molar-refractivity contribution in [1.82, 2.24) is 19.9 Å². The van der Waals surface area contributed by atoms with E-state index in [1.165, 1.54) is 0 Å². The number of hydrogen-bond donors (Lipinski definition) is 1. The van der Waals surface area contributed by atoms with Crippen LogP contribution in [0, 0.1) is 13.8 Å². The lowest BCUT2D eigenvalue weighted by molar-refractivity contribution is 0.175. The normalized spacial score (nSPS) is 11.1. The lowest BCUT2D eigenvalue weighted by atomic mass is 10.0. The molecular formula is C25H24N4O. The number of aliphatic hydroxyl groups excluding tert-OH is 1. The lowest BCUT2D eigenvalue weighted by Gasteiger charge is -2.12. The van der Waals surface area contributed by atoms with Crippen LogP contribution in [0.4, 0.5) is 0 Å². The van der Waals surface area contributed by atoms with Gasteiger partial charge in [-0.2, -0.15) is 0 Å². The monoisotopic (exact) mass is 396 g/mol. The summed E-state index contributed by atoms with van der Waals surface area (Å²) in [7, 11) is 0. The zero-order valence-corrected chi connectivity index (χ0v) is 17.2. The Kier molecular flexibility index (Phi) is 5.91. The summed E-state index contributed by atoms with van der Waals surface area (Å²) in [6.07, 6.45) is 7.70. The Bertz CT molecular complexity index is 1070. The van der Waals surface area contributed by atoms with Gasteiger partial charge in [-0.05, 0) is 97.5 Å². The van der Waals surface area contributed by atoms with E-state index in [0.29, 0.717) is 12.8 Å². The number of aryl methyl sites for hydroxylation is 2. The van der Waals surface area contributed by atoms with Crippen LogP contribution < -0.4 is 0 Å². The van der Waals surface area contributed by atoms with Crippen molar-refractivity contribution in [2.24, 2.45) is 0 Å². The molecule has 0 spiro atoms. The van der Waals surface area contributed by atoms with Crippen LogP contribution in [0.1, 0.15) is 22.3 Å². The van der Waals surface area contributed by atoms with Crippen LogP contribution >= 0.6 is 0 Å². The molecule has 4 aromatic rings. The maximum atomic E-state index is 10.7. The predicted molar refractivity (Wildman–Crippen MR) is 118 cm³/mol. The van der Waals surface area contributed by atoms with Crippen molar-refractivity contribution in [3.05, 3.63) is 95.6 Å². The third kappa shape index (κ3) is 4.93. The molecule has 0 aliphatic carbocycles. The van der Waals surface area contributed by atoms with E-state index in [0.717, 1.165) is 45.0 Å². The first-order chi connectivity index (χ1) is 14.6. The fourth-order valence-corrected chi connectivity index (χ4v) is 3.45. The topological polar surface area (TPSA) is 71.8 Å². The van der Waals surface area contributed by atoms with Gasteiger partial charge in [0.25, 0.3) is 0 Å². The third-order valence-corrected chi connectivity index (χ3v) is 4.95. The highest BCUT2D eigenvalue weighted by Gasteiger charge is 2.11. The quantitative estimate of drug-likeness (QED) is 0.524. The maximum Gasteiger partial charge on any atom is 0.0888 e. The first-order valence-electron chi connectivity index (χ1n) is 10.0. The summed E-state index contributed by atoms with van der Waals surface area (Å²) >= 11 is 0. The van der Waals surface area contributed by atoms with E-state index >= 15 is 0 Å². The second kappa shape index (κ2) is 8.93. The predicted octanol–water partition coefficient (Wildman–Crippen LogP) is 4.36. The Hall–Kier alpha value is -3.44. The number of aliphatic hydroxyl groups is 1. The van der Waals surface area contributed by atoms with E-state index in [1.807, 2.05) is 62.4 Å². The molecule has 0 saturated heterocycles. The van der Waals surface area contributed by atoms with Crippen molar-refractivity contribution in [3.63, 3.8) is 0 Å². The molecule has 4 aromatic heterocycles. The highest BCUT2D eigenvalue weighted by Crippen LogP contribution is 2.20. The molecule has 0 aromatic carbocycles. The molecule has 0 fully saturated rings. The average molecular weight is 396 g/mol. The molecule has 5 nitrogen and oxygen atoms in total. The molecule has 0 saturated carbocycles. The van der Waals surface area contributed by atoms with Crippen LogP contribution in [0.2, 0.25) is 0 Å². The lowest BCUT2D eigenvalue weighted by Crippen LogP contribution is -2.14. The Balaban J connectivity index is 1.47. The smallest absolute Gasteiger partial charge is 0.0888 e. The van der Waals surface area contributed by atoms with Crippen molar-refractivity contribution in [2.45, 2.75) is 32.8 Å². The Labute approximate surface area is 176 Å². The average Bonchev–Trinajstić information content (AvgIpc) is 2.74. The van der Waals surface area contributed by atoms with Gasteiger partial charge in [-0.25, -0.2) is 0 Å². The molecule has 0 atom stereocenters. The minimum atomic E-state index is -0.508. The fourth-order valence-electron chi connectivity index (χ4n) is 3.45. The van der Waals surface area contributed by atoms with Crippen molar-refractivity contribution in [2.75, 3.05) is 0 Å². The molecule has 150 valence electrons. The number of nitrogens with zero attached hydrogens (tertiary/aromatic N) is 4. The third-order valence-electron chi connectivity index (χ3n) is 4.95. The highest BCUT2D eigenvalue weighted by atomic mass is 16.3. The Morgan fingerprint density at radius 1 is 0.600 bits per heavy atom. The zero-order chi connectivity index (χ0) is 20.9. The van der Waals surface area contributed by atoms with Crippen LogP contribution in [0.3, 0.4) is 0 Å². The van der Waals surface area contributed by atoms with E-state index in [-0.39, 0.29) is 0 Å². The van der Waals surface area contributed by atoms with Gasteiger partial charge in [-0.15, -0.1) is 0 Å². The van der Waals surface area contributed by atoms with Gasteiger partial charge in [0.05, 0.1) is 28.9 Å². The van der Waals surface area contributed by atoms with Crippen LogP contribution in [-0.2, 0) is 12.8 Å². The molecule has 0 aliphatic heterocycles. The molecule has 5 heteroatoms. The van der Waals surface area contributed by atoms with Gasteiger partial charge >= 0.3 is 0 Å². The summed E-state index contributed by atoms with van der Waals surface area (Å²) in [6, 6.07) is 15.8. The van der Waals surface area contributed by atoms with Crippen LogP contribution in [-0.4, -0.2) is 31.1 Å². The standard InChI is InChI=1S/C25H24N4O/c1-17-3-7-26-22(11-17)24-15-19(5-9-28-24)13-21(30)14-20-6-10-29-25(16-20)23-12-18(2)4-8-27-23/h3-12,15-16,21,30H,13-14H2,1-2H3. The number of hydrogen-bond acceptors (Lipinski definition) is 5. The van der Waals surface area contributed by atoms with Gasteiger partial charge < -0.3 is 5.11 Å². The van der Waals surface area contributed by atoms with Gasteiger partial charge in [-0.3, -0.25) is 19.9 Å². The number of rotatable bonds is 6. The van der Waals surface area contributed by atoms with E-state index in [2.05, 4.69) is 19.9 Å². The van der Waals surface area contributed by atoms with E-state index < -0.39 is 6.10 Å². The molecule has 1 N–H and O–H groups in total. The van der Waals surface area contributed by atoms with Crippen LogP contribution in [0.5, 0.6) is 0 Å². The molecule has 0 unspecified atom stereocenters. The molecule has 0 radical (unpaired) electrons. The zero-order valence-electron chi connectivity index (χ0n) is 17.2. The van der Waals surface area contributed by atoms with Crippen molar-refractivity contribution in [1.29, 1.82) is 0 Å². The van der Waals surface area contributed by atoms with Gasteiger partial charge in [0.15, 0.2) is 0 Å². The molecule has 0 aliphatic rings. The number of pyridine rings is 4. The van der Waals surface area contributed by atoms with E-state index in [1.54, 1.807) is 24.8 Å². The van der Waals surface area contributed by atoms with Gasteiger partial charge in [0.2, 0.25) is 0 Å². The molecule has 0 bridgehead atoms. The Morgan fingerprint density at radius 2 is 0.967 bits per heavy atom. The molecule has 4 rings (SSSR count). The SMILES string of the molecule is Cc1ccnc(-c2cc(CC(O)Cc3ccnc(-c4cc(C)ccn4)c3)ccn2)c1. The summed E-state index contributed by atoms with van der Waals surface area (Å²) in [5.74, 6) is 0. The first kappa shape index (κ1) is 19.9. The molecular weight excluding hydrogens is 372 g/mol. The molecule has 30 heavy (non-hydrogen) atoms. The number of aromatic nitrogens is 4. The van der Waals surface area contributed by atoms with Gasteiger partial charge in [0.1, 0.15) is 0 Å². The van der Waals surface area contributed by atoms with Crippen molar-refractivity contribution in [3.8, 4) is 22.8 Å². The van der Waals surface area contributed by atoms with Gasteiger partial charge in [-0.1, -0.05) is 0 Å². The summed E-state index contributed by atoms with van der Waals surface area (Å²) in [5.41, 5.74) is 7.68. The van der Waals surface area contributed by atoms with Crippen LogP contribution in [0.25, 0.3) is 22.8 Å². The minimum Gasteiger partial charge on any atom is -0.392 e. The summed E-state index contributed by atoms with van der Waals surface area (Å²) < 4.78 is 0. The summed E-state index contributed by atoms with van der Waals surface area (Å²) in [5, 5.41) is 10.7. The van der Waals surface area contributed by atoms with E-state index in [4.69, 9.17) is 0 Å². The van der Waals surface area contributed by atoms with Gasteiger partial charge in [0, 0.05) is 24.8 Å². The minimum absolute atomic E-state index is 0.508. The fraction of sp³-hybridized carbons (Fsp3) is 0.200. The second-order valence-electron chi connectivity index (χ2n) is 7.60. The summed E-state index contributed by atoms with van der Waals surface area (Å²) in [4.78, 5) is 17.7. The van der Waals surface area contributed by atoms with E-state index in [9.17, 15) is 5.11 Å². The summed E-state index contributed by atoms with van der Waals surface area (Å²) in [6.45, 7) is 4.07. The second-order valence-corrected chi connectivity index (χ2v) is 7.60. The largest absolute Gasteiger partial charge is 0.392 e. The first-order valence-corrected chi connectivity index (χ1v) is 10.0. The van der Waals surface area contributed by atoms with Crippen molar-refractivity contribution < 1.29 is 5.11 Å². The molecule has 4 heterocycles. The van der Waals surface area contributed by atoms with Crippen LogP contribution in [0.15, 0.2) is 73.3 Å². The van der Waals surface area contributed by atoms with Crippen molar-refractivity contribution >= 4 is 0 Å². The highest BCUT2D eigenvalue weighted by molar-refractivity contribution is 5.56.